The molecule has 0 saturated carbocycles. The van der Waals surface area contributed by atoms with Crippen LogP contribution in [0.1, 0.15) is 21.6 Å². The number of amides is 2. The number of nitrogens with one attached hydrogen (secondary N) is 2. The number of rotatable bonds is 7. The van der Waals surface area contributed by atoms with Crippen molar-refractivity contribution in [2.45, 2.75) is 20.0 Å². The summed E-state index contributed by atoms with van der Waals surface area (Å²) in [5.74, 6) is -0.235. The molecule has 1 heterocycles. The monoisotopic (exact) mass is 428 g/mol. The van der Waals surface area contributed by atoms with Crippen molar-refractivity contribution >= 4 is 34.9 Å². The zero-order valence-corrected chi connectivity index (χ0v) is 17.2. The van der Waals surface area contributed by atoms with Crippen LogP contribution in [0.5, 0.6) is 5.75 Å². The summed E-state index contributed by atoms with van der Waals surface area (Å²) in [5.41, 5.74) is 8.16. The third-order valence-electron chi connectivity index (χ3n) is 4.39. The zero-order valence-electron chi connectivity index (χ0n) is 16.5. The quantitative estimate of drug-likeness (QED) is 0.530. The lowest BCUT2D eigenvalue weighted by molar-refractivity contribution is -0.116. The highest BCUT2D eigenvalue weighted by atomic mass is 35.5. The number of nitrogen functional groups attached to an aromatic ring is 1. The van der Waals surface area contributed by atoms with Crippen LogP contribution in [0.25, 0.3) is 0 Å². The lowest BCUT2D eigenvalue weighted by Crippen LogP contribution is -2.25. The van der Waals surface area contributed by atoms with Crippen molar-refractivity contribution in [1.82, 2.24) is 20.3 Å². The Labute approximate surface area is 178 Å². The van der Waals surface area contributed by atoms with E-state index in [9.17, 15) is 9.59 Å². The second-order valence-corrected chi connectivity index (χ2v) is 6.92. The van der Waals surface area contributed by atoms with Gasteiger partial charge in [-0.05, 0) is 30.7 Å². The van der Waals surface area contributed by atoms with E-state index in [2.05, 4.69) is 20.9 Å². The Morgan fingerprint density at radius 3 is 2.77 bits per heavy atom. The number of anilines is 2. The number of benzene rings is 2. The van der Waals surface area contributed by atoms with Crippen LogP contribution in [0.2, 0.25) is 5.02 Å². The van der Waals surface area contributed by atoms with E-state index in [1.807, 2.05) is 25.1 Å². The first-order valence-corrected chi connectivity index (χ1v) is 9.42. The molecule has 156 valence electrons. The molecule has 0 radical (unpaired) electrons. The SMILES string of the molecule is COc1ccccc1CNC(=O)c1nnn(CC(=O)Nc2cc(Cl)ccc2C)c1N. The van der Waals surface area contributed by atoms with E-state index in [4.69, 9.17) is 22.1 Å². The number of hydrogen-bond acceptors (Lipinski definition) is 6. The highest BCUT2D eigenvalue weighted by molar-refractivity contribution is 6.31. The van der Waals surface area contributed by atoms with Crippen LogP contribution in [-0.2, 0) is 17.9 Å². The number of methoxy groups -OCH3 is 1. The predicted octanol–water partition coefficient (Wildman–Crippen LogP) is 2.40. The van der Waals surface area contributed by atoms with E-state index in [0.29, 0.717) is 16.5 Å². The Morgan fingerprint density at radius 1 is 1.23 bits per heavy atom. The molecule has 0 spiro atoms. The second kappa shape index (κ2) is 9.27. The normalized spacial score (nSPS) is 10.5. The summed E-state index contributed by atoms with van der Waals surface area (Å²) < 4.78 is 6.42. The number of aromatic nitrogens is 3. The Kier molecular flexibility index (Phi) is 6.53. The Bertz CT molecular complexity index is 1080. The molecule has 30 heavy (non-hydrogen) atoms. The fourth-order valence-corrected chi connectivity index (χ4v) is 2.93. The van der Waals surface area contributed by atoms with Gasteiger partial charge in [-0.1, -0.05) is 41.1 Å². The highest BCUT2D eigenvalue weighted by Crippen LogP contribution is 2.20. The fraction of sp³-hybridized carbons (Fsp3) is 0.200. The first-order chi connectivity index (χ1) is 14.4. The topological polar surface area (TPSA) is 124 Å². The van der Waals surface area contributed by atoms with Crippen molar-refractivity contribution in [1.29, 1.82) is 0 Å². The van der Waals surface area contributed by atoms with Crippen molar-refractivity contribution in [2.24, 2.45) is 0 Å². The van der Waals surface area contributed by atoms with Gasteiger partial charge in [-0.25, -0.2) is 4.68 Å². The van der Waals surface area contributed by atoms with Gasteiger partial charge in [-0.2, -0.15) is 0 Å². The third-order valence-corrected chi connectivity index (χ3v) is 4.62. The Hall–Kier alpha value is -3.59. The third kappa shape index (κ3) is 4.87. The summed E-state index contributed by atoms with van der Waals surface area (Å²) in [4.78, 5) is 24.8. The second-order valence-electron chi connectivity index (χ2n) is 6.48. The maximum absolute atomic E-state index is 12.4. The largest absolute Gasteiger partial charge is 0.496 e. The van der Waals surface area contributed by atoms with Crippen molar-refractivity contribution in [3.05, 3.63) is 64.3 Å². The van der Waals surface area contributed by atoms with Crippen LogP contribution in [0.15, 0.2) is 42.5 Å². The summed E-state index contributed by atoms with van der Waals surface area (Å²) >= 11 is 5.97. The van der Waals surface area contributed by atoms with Crippen molar-refractivity contribution in [3.63, 3.8) is 0 Å². The lowest BCUT2D eigenvalue weighted by atomic mass is 10.2. The molecule has 4 N–H and O–H groups in total. The van der Waals surface area contributed by atoms with Crippen LogP contribution >= 0.6 is 11.6 Å². The minimum absolute atomic E-state index is 0.00880. The molecule has 0 atom stereocenters. The summed E-state index contributed by atoms with van der Waals surface area (Å²) in [7, 11) is 1.56. The Morgan fingerprint density at radius 2 is 2.00 bits per heavy atom. The van der Waals surface area contributed by atoms with Crippen molar-refractivity contribution < 1.29 is 14.3 Å². The van der Waals surface area contributed by atoms with E-state index >= 15 is 0 Å². The van der Waals surface area contributed by atoms with E-state index < -0.39 is 5.91 Å². The molecule has 0 aliphatic carbocycles. The molecule has 9 nitrogen and oxygen atoms in total. The van der Waals surface area contributed by atoms with Gasteiger partial charge in [0.2, 0.25) is 5.91 Å². The number of nitrogens with zero attached hydrogens (tertiary/aromatic N) is 3. The fourth-order valence-electron chi connectivity index (χ4n) is 2.76. The van der Waals surface area contributed by atoms with Crippen molar-refractivity contribution in [2.75, 3.05) is 18.2 Å². The van der Waals surface area contributed by atoms with Gasteiger partial charge in [-0.3, -0.25) is 9.59 Å². The first kappa shape index (κ1) is 21.1. The number of nitrogens with two attached hydrogens (primary N) is 1. The maximum Gasteiger partial charge on any atom is 0.275 e. The van der Waals surface area contributed by atoms with E-state index in [0.717, 1.165) is 15.8 Å². The zero-order chi connectivity index (χ0) is 21.7. The summed E-state index contributed by atoms with van der Waals surface area (Å²) in [6.07, 6.45) is 0. The lowest BCUT2D eigenvalue weighted by Gasteiger charge is -2.10. The number of aryl methyl sites for hydroxylation is 1. The van der Waals surface area contributed by atoms with Gasteiger partial charge in [0.05, 0.1) is 7.11 Å². The van der Waals surface area contributed by atoms with Gasteiger partial charge >= 0.3 is 0 Å². The molecule has 1 aromatic heterocycles. The standard InChI is InChI=1S/C20H21ClN6O3/c1-12-7-8-14(21)9-15(12)24-17(28)11-27-19(22)18(25-26-27)20(29)23-10-13-5-3-4-6-16(13)30-2/h3-9H,10-11,22H2,1-2H3,(H,23,29)(H,24,28). The van der Waals surface area contributed by atoms with Gasteiger partial charge in [0.1, 0.15) is 12.3 Å². The van der Waals surface area contributed by atoms with E-state index in [1.165, 1.54) is 0 Å². The molecule has 3 rings (SSSR count). The van der Waals surface area contributed by atoms with E-state index in [1.54, 1.807) is 31.4 Å². The number of carbonyl (C=O) groups is 2. The molecule has 0 aliphatic heterocycles. The van der Waals surface area contributed by atoms with E-state index in [-0.39, 0.29) is 30.5 Å². The van der Waals surface area contributed by atoms with Crippen LogP contribution in [0.4, 0.5) is 11.5 Å². The number of ether oxygens (including phenoxy) is 1. The maximum atomic E-state index is 12.4. The summed E-state index contributed by atoms with van der Waals surface area (Å²) in [5, 5.41) is 13.6. The highest BCUT2D eigenvalue weighted by Gasteiger charge is 2.19. The van der Waals surface area contributed by atoms with Crippen LogP contribution < -0.4 is 21.1 Å². The molecule has 0 fully saturated rings. The number of para-hydroxylation sites is 1. The number of hydrogen-bond donors (Lipinski definition) is 3. The van der Waals surface area contributed by atoms with Crippen LogP contribution in [-0.4, -0.2) is 33.9 Å². The molecule has 3 aromatic rings. The van der Waals surface area contributed by atoms with Crippen LogP contribution in [0, 0.1) is 6.92 Å². The smallest absolute Gasteiger partial charge is 0.275 e. The van der Waals surface area contributed by atoms with Gasteiger partial charge in [-0.15, -0.1) is 5.10 Å². The van der Waals surface area contributed by atoms with Gasteiger partial charge in [0, 0.05) is 22.8 Å². The summed E-state index contributed by atoms with van der Waals surface area (Å²) in [6.45, 7) is 1.87. The number of carbonyl (C=O) groups excluding carboxylic acids is 2. The molecule has 0 unspecified atom stereocenters. The van der Waals surface area contributed by atoms with Gasteiger partial charge < -0.3 is 21.1 Å². The number of halogens is 1. The van der Waals surface area contributed by atoms with Gasteiger partial charge in [0.25, 0.3) is 5.91 Å². The molecular weight excluding hydrogens is 408 g/mol. The average molecular weight is 429 g/mol. The predicted molar refractivity (Wildman–Crippen MR) is 113 cm³/mol. The molecule has 10 heteroatoms. The summed E-state index contributed by atoms with van der Waals surface area (Å²) in [6, 6.07) is 12.5. The molecule has 0 saturated heterocycles. The first-order valence-electron chi connectivity index (χ1n) is 9.04. The molecule has 0 bridgehead atoms. The van der Waals surface area contributed by atoms with Gasteiger partial charge in [0.15, 0.2) is 11.5 Å². The molecule has 2 aromatic carbocycles. The minimum Gasteiger partial charge on any atom is -0.496 e. The molecule has 0 aliphatic rings. The minimum atomic E-state index is -0.504. The Balaban J connectivity index is 1.64. The molecule has 2 amide bonds. The average Bonchev–Trinajstić information content (AvgIpc) is 3.09. The van der Waals surface area contributed by atoms with Crippen LogP contribution in [0.3, 0.4) is 0 Å². The van der Waals surface area contributed by atoms with Crippen molar-refractivity contribution in [3.8, 4) is 5.75 Å². The molecular formula is C20H21ClN6O3.